The van der Waals surface area contributed by atoms with Crippen molar-refractivity contribution in [3.63, 3.8) is 0 Å². The quantitative estimate of drug-likeness (QED) is 0.876. The summed E-state index contributed by atoms with van der Waals surface area (Å²) in [5.41, 5.74) is 2.47. The fourth-order valence-corrected chi connectivity index (χ4v) is 3.51. The van der Waals surface area contributed by atoms with Crippen LogP contribution in [0.3, 0.4) is 0 Å². The van der Waals surface area contributed by atoms with Crippen molar-refractivity contribution in [1.82, 2.24) is 4.90 Å². The Balaban J connectivity index is 1.66. The lowest BCUT2D eigenvalue weighted by molar-refractivity contribution is -0.141. The second-order valence-corrected chi connectivity index (χ2v) is 6.91. The van der Waals surface area contributed by atoms with Gasteiger partial charge in [0.2, 0.25) is 5.91 Å². The minimum Gasteiger partial charge on any atom is -0.481 e. The summed E-state index contributed by atoms with van der Waals surface area (Å²) in [6.45, 7) is 2.79. The van der Waals surface area contributed by atoms with Crippen molar-refractivity contribution in [3.05, 3.63) is 35.4 Å². The van der Waals surface area contributed by atoms with Gasteiger partial charge in [-0.1, -0.05) is 31.2 Å². The Bertz CT molecular complexity index is 577. The van der Waals surface area contributed by atoms with E-state index >= 15 is 0 Å². The number of aryl methyl sites for hydroxylation is 1. The van der Waals surface area contributed by atoms with E-state index < -0.39 is 5.97 Å². The van der Waals surface area contributed by atoms with Gasteiger partial charge >= 0.3 is 5.97 Å². The summed E-state index contributed by atoms with van der Waals surface area (Å²) in [7, 11) is 0. The van der Waals surface area contributed by atoms with Crippen LogP contribution in [0.15, 0.2) is 24.3 Å². The number of amides is 1. The van der Waals surface area contributed by atoms with E-state index in [2.05, 4.69) is 31.2 Å². The SMILES string of the molecule is CCc1ccc(CN(C(=O)[C@@H]2CC[C@H](C(=O)O)C2)C2CC2)cc1. The van der Waals surface area contributed by atoms with E-state index in [9.17, 15) is 9.59 Å². The molecule has 3 rings (SSSR count). The normalized spacial score (nSPS) is 23.7. The lowest BCUT2D eigenvalue weighted by atomic mass is 10.0. The Hall–Kier alpha value is -1.84. The summed E-state index contributed by atoms with van der Waals surface area (Å²) in [6, 6.07) is 8.83. The second-order valence-electron chi connectivity index (χ2n) is 6.91. The summed E-state index contributed by atoms with van der Waals surface area (Å²) >= 11 is 0. The molecule has 0 aromatic heterocycles. The number of aliphatic carboxylic acids is 1. The van der Waals surface area contributed by atoms with Crippen LogP contribution in [0.2, 0.25) is 0 Å². The first-order chi connectivity index (χ1) is 11.1. The van der Waals surface area contributed by atoms with E-state index in [0.29, 0.717) is 31.8 Å². The maximum absolute atomic E-state index is 12.9. The molecule has 1 aromatic rings. The van der Waals surface area contributed by atoms with Gasteiger partial charge in [0.1, 0.15) is 0 Å². The molecule has 2 aliphatic rings. The smallest absolute Gasteiger partial charge is 0.306 e. The highest BCUT2D eigenvalue weighted by Gasteiger charge is 2.40. The number of benzene rings is 1. The highest BCUT2D eigenvalue weighted by molar-refractivity contribution is 5.81. The standard InChI is InChI=1S/C19H25NO3/c1-2-13-3-5-14(6-4-13)12-20(17-9-10-17)18(21)15-7-8-16(11-15)19(22)23/h3-6,15-17H,2,7-12H2,1H3,(H,22,23)/t15-,16+/m1/s1. The Morgan fingerprint density at radius 1 is 1.04 bits per heavy atom. The second kappa shape index (κ2) is 6.73. The molecule has 0 aliphatic heterocycles. The highest BCUT2D eigenvalue weighted by atomic mass is 16.4. The van der Waals surface area contributed by atoms with E-state index in [0.717, 1.165) is 24.8 Å². The molecule has 0 radical (unpaired) electrons. The van der Waals surface area contributed by atoms with Crippen LogP contribution in [0.1, 0.15) is 50.2 Å². The number of hydrogen-bond donors (Lipinski definition) is 1. The van der Waals surface area contributed by atoms with E-state index in [1.807, 2.05) is 4.90 Å². The number of nitrogens with zero attached hydrogens (tertiary/aromatic N) is 1. The van der Waals surface area contributed by atoms with E-state index in [4.69, 9.17) is 5.11 Å². The molecule has 2 fully saturated rings. The number of hydrogen-bond acceptors (Lipinski definition) is 2. The third-order valence-electron chi connectivity index (χ3n) is 5.19. The molecule has 23 heavy (non-hydrogen) atoms. The molecule has 1 aromatic carbocycles. The van der Waals surface area contributed by atoms with E-state index in [1.54, 1.807) is 0 Å². The molecule has 2 saturated carbocycles. The van der Waals surface area contributed by atoms with Crippen molar-refractivity contribution in [3.8, 4) is 0 Å². The molecule has 0 unspecified atom stereocenters. The lowest BCUT2D eigenvalue weighted by Crippen LogP contribution is -2.36. The lowest BCUT2D eigenvalue weighted by Gasteiger charge is -2.26. The summed E-state index contributed by atoms with van der Waals surface area (Å²) in [5.74, 6) is -1.04. The van der Waals surface area contributed by atoms with Gasteiger partial charge in [0.05, 0.1) is 5.92 Å². The molecule has 0 spiro atoms. The van der Waals surface area contributed by atoms with E-state index in [1.165, 1.54) is 5.56 Å². The fraction of sp³-hybridized carbons (Fsp3) is 0.579. The Morgan fingerprint density at radius 2 is 1.65 bits per heavy atom. The number of carbonyl (C=O) groups excluding carboxylic acids is 1. The average Bonchev–Trinajstić information content (AvgIpc) is 3.27. The molecule has 2 atom stereocenters. The highest BCUT2D eigenvalue weighted by Crippen LogP contribution is 2.36. The molecule has 0 heterocycles. The van der Waals surface area contributed by atoms with Crippen molar-refractivity contribution < 1.29 is 14.7 Å². The van der Waals surface area contributed by atoms with Gasteiger partial charge in [0, 0.05) is 18.5 Å². The zero-order valence-electron chi connectivity index (χ0n) is 13.7. The predicted octanol–water partition coefficient (Wildman–Crippen LogP) is 3.24. The maximum atomic E-state index is 12.9. The monoisotopic (exact) mass is 315 g/mol. The first kappa shape index (κ1) is 16.0. The molecule has 2 aliphatic carbocycles. The molecule has 4 nitrogen and oxygen atoms in total. The Morgan fingerprint density at radius 3 is 2.17 bits per heavy atom. The Labute approximate surface area is 137 Å². The molecule has 4 heteroatoms. The molecule has 0 bridgehead atoms. The fourth-order valence-electron chi connectivity index (χ4n) is 3.51. The predicted molar refractivity (Wildman–Crippen MR) is 87.9 cm³/mol. The molecule has 1 amide bonds. The van der Waals surface area contributed by atoms with Crippen molar-refractivity contribution in [2.24, 2.45) is 11.8 Å². The largest absolute Gasteiger partial charge is 0.481 e. The van der Waals surface area contributed by atoms with Gasteiger partial charge in [-0.3, -0.25) is 9.59 Å². The van der Waals surface area contributed by atoms with Crippen LogP contribution in [-0.4, -0.2) is 27.9 Å². The first-order valence-corrected chi connectivity index (χ1v) is 8.69. The topological polar surface area (TPSA) is 57.6 Å². The summed E-state index contributed by atoms with van der Waals surface area (Å²) in [4.78, 5) is 26.0. The number of carboxylic acid groups (broad SMARTS) is 1. The number of carbonyl (C=O) groups is 2. The van der Waals surface area contributed by atoms with Gasteiger partial charge in [-0.25, -0.2) is 0 Å². The summed E-state index contributed by atoms with van der Waals surface area (Å²) < 4.78 is 0. The van der Waals surface area contributed by atoms with Crippen LogP contribution < -0.4 is 0 Å². The molecular weight excluding hydrogens is 290 g/mol. The third kappa shape index (κ3) is 3.74. The zero-order valence-corrected chi connectivity index (χ0v) is 13.7. The van der Waals surface area contributed by atoms with Crippen LogP contribution in [-0.2, 0) is 22.6 Å². The third-order valence-corrected chi connectivity index (χ3v) is 5.19. The van der Waals surface area contributed by atoms with Crippen molar-refractivity contribution in [1.29, 1.82) is 0 Å². The molecule has 124 valence electrons. The minimum atomic E-state index is -0.756. The zero-order chi connectivity index (χ0) is 16.4. The van der Waals surface area contributed by atoms with Gasteiger partial charge in [0.25, 0.3) is 0 Å². The number of carboxylic acids is 1. The summed E-state index contributed by atoms with van der Waals surface area (Å²) in [5, 5.41) is 9.13. The van der Waals surface area contributed by atoms with Crippen LogP contribution in [0.25, 0.3) is 0 Å². The molecular formula is C19H25NO3. The summed E-state index contributed by atoms with van der Waals surface area (Å²) in [6.07, 6.45) is 5.03. The minimum absolute atomic E-state index is 0.105. The van der Waals surface area contributed by atoms with Gasteiger partial charge in [-0.2, -0.15) is 0 Å². The van der Waals surface area contributed by atoms with Crippen LogP contribution in [0, 0.1) is 11.8 Å². The van der Waals surface area contributed by atoms with Gasteiger partial charge in [0.15, 0.2) is 0 Å². The Kier molecular flexibility index (Phi) is 4.69. The van der Waals surface area contributed by atoms with Crippen molar-refractivity contribution in [2.75, 3.05) is 0 Å². The van der Waals surface area contributed by atoms with Crippen LogP contribution in [0.4, 0.5) is 0 Å². The molecule has 1 N–H and O–H groups in total. The maximum Gasteiger partial charge on any atom is 0.306 e. The van der Waals surface area contributed by atoms with Gasteiger partial charge in [-0.15, -0.1) is 0 Å². The van der Waals surface area contributed by atoms with Crippen molar-refractivity contribution >= 4 is 11.9 Å². The average molecular weight is 315 g/mol. The van der Waals surface area contributed by atoms with E-state index in [-0.39, 0.29) is 17.7 Å². The molecule has 0 saturated heterocycles. The number of rotatable bonds is 6. The van der Waals surface area contributed by atoms with Gasteiger partial charge in [-0.05, 0) is 49.7 Å². The van der Waals surface area contributed by atoms with Crippen LogP contribution >= 0.6 is 0 Å². The van der Waals surface area contributed by atoms with Crippen molar-refractivity contribution in [2.45, 2.75) is 58.0 Å². The van der Waals surface area contributed by atoms with Crippen LogP contribution in [0.5, 0.6) is 0 Å². The van der Waals surface area contributed by atoms with Gasteiger partial charge < -0.3 is 10.0 Å². The first-order valence-electron chi connectivity index (χ1n) is 8.69.